The van der Waals surface area contributed by atoms with Crippen LogP contribution in [0.2, 0.25) is 0 Å². The number of carbonyl (C=O) groups excluding carboxylic acids is 2. The van der Waals surface area contributed by atoms with Crippen LogP contribution in [-0.2, 0) is 9.53 Å². The van der Waals surface area contributed by atoms with Gasteiger partial charge < -0.3 is 14.4 Å². The molecule has 2 fully saturated rings. The fourth-order valence-corrected chi connectivity index (χ4v) is 4.91. The van der Waals surface area contributed by atoms with Crippen LogP contribution in [0.15, 0.2) is 40.8 Å². The molecule has 0 bridgehead atoms. The van der Waals surface area contributed by atoms with Crippen LogP contribution in [0.4, 0.5) is 9.18 Å². The molecule has 32 heavy (non-hydrogen) atoms. The summed E-state index contributed by atoms with van der Waals surface area (Å²) in [7, 11) is 0. The molecule has 1 aromatic rings. The van der Waals surface area contributed by atoms with Crippen LogP contribution >= 0.6 is 0 Å². The van der Waals surface area contributed by atoms with Crippen molar-refractivity contribution in [1.29, 1.82) is 0 Å². The molecule has 3 heterocycles. The number of ketones is 1. The SMILES string of the molecule is CC(=O)CCCN1CC2=C3CCCC(OCC[18F])CCC3C(c3ccccn3)=NN2C1=O. The number of amides is 2. The number of nitrogens with zero attached hydrogens (tertiary/aromatic N) is 4. The van der Waals surface area contributed by atoms with Crippen LogP contribution in [0, 0.1) is 5.92 Å². The van der Waals surface area contributed by atoms with Crippen molar-refractivity contribution < 1.29 is 18.7 Å². The van der Waals surface area contributed by atoms with Crippen LogP contribution in [0.3, 0.4) is 0 Å². The van der Waals surface area contributed by atoms with Gasteiger partial charge in [0.2, 0.25) is 0 Å². The third kappa shape index (κ3) is 4.90. The van der Waals surface area contributed by atoms with E-state index < -0.39 is 6.67 Å². The lowest BCUT2D eigenvalue weighted by molar-refractivity contribution is -0.117. The molecule has 8 heteroatoms. The topological polar surface area (TPSA) is 75.1 Å². The molecule has 2 atom stereocenters. The molecule has 2 amide bonds. The first-order valence-electron chi connectivity index (χ1n) is 11.6. The van der Waals surface area contributed by atoms with Gasteiger partial charge in [0, 0.05) is 25.1 Å². The van der Waals surface area contributed by atoms with Crippen LogP contribution in [0.25, 0.3) is 0 Å². The van der Waals surface area contributed by atoms with E-state index in [1.165, 1.54) is 5.57 Å². The largest absolute Gasteiger partial charge is 0.376 e. The Hall–Kier alpha value is -2.61. The smallest absolute Gasteiger partial charge is 0.345 e. The maximum atomic E-state index is 13.1. The Morgan fingerprint density at radius 3 is 2.91 bits per heavy atom. The van der Waals surface area contributed by atoms with Gasteiger partial charge in [-0.05, 0) is 63.2 Å². The Bertz CT molecular complexity index is 902. The van der Waals surface area contributed by atoms with Gasteiger partial charge in [-0.2, -0.15) is 10.1 Å². The first kappa shape index (κ1) is 22.6. The van der Waals surface area contributed by atoms with Crippen molar-refractivity contribution in [1.82, 2.24) is 14.9 Å². The maximum Gasteiger partial charge on any atom is 0.345 e. The summed E-state index contributed by atoms with van der Waals surface area (Å²) in [6.45, 7) is 2.33. The van der Waals surface area contributed by atoms with Crippen molar-refractivity contribution >= 4 is 17.5 Å². The van der Waals surface area contributed by atoms with E-state index in [1.807, 2.05) is 18.2 Å². The zero-order chi connectivity index (χ0) is 22.5. The van der Waals surface area contributed by atoms with Crippen LogP contribution in [0.1, 0.15) is 57.6 Å². The lowest BCUT2D eigenvalue weighted by Crippen LogP contribution is -2.35. The van der Waals surface area contributed by atoms with Crippen molar-refractivity contribution in [3.63, 3.8) is 0 Å². The molecule has 172 valence electrons. The maximum absolute atomic E-state index is 13.1. The van der Waals surface area contributed by atoms with Gasteiger partial charge >= 0.3 is 6.03 Å². The van der Waals surface area contributed by atoms with Gasteiger partial charge in [-0.1, -0.05) is 6.07 Å². The first-order chi connectivity index (χ1) is 15.6. The van der Waals surface area contributed by atoms with E-state index in [1.54, 1.807) is 23.0 Å². The van der Waals surface area contributed by atoms with E-state index in [4.69, 9.17) is 9.84 Å². The fraction of sp³-hybridized carbons (Fsp3) is 0.583. The molecule has 0 spiro atoms. The van der Waals surface area contributed by atoms with Crippen molar-refractivity contribution in [2.24, 2.45) is 11.0 Å². The molecule has 3 aliphatic rings. The summed E-state index contributed by atoms with van der Waals surface area (Å²) >= 11 is 0. The molecule has 0 radical (unpaired) electrons. The number of carbonyl (C=O) groups is 2. The Kier molecular flexibility index (Phi) is 7.29. The predicted octanol–water partition coefficient (Wildman–Crippen LogP) is 4.10. The summed E-state index contributed by atoms with van der Waals surface area (Å²) in [5.41, 5.74) is 3.82. The lowest BCUT2D eigenvalue weighted by atomic mass is 9.79. The van der Waals surface area contributed by atoms with Gasteiger partial charge in [0.15, 0.2) is 0 Å². The average Bonchev–Trinajstić information content (AvgIpc) is 3.09. The van der Waals surface area contributed by atoms with Gasteiger partial charge in [0.1, 0.15) is 12.5 Å². The highest BCUT2D eigenvalue weighted by Gasteiger charge is 2.42. The number of hydrogen-bond donors (Lipinski definition) is 0. The summed E-state index contributed by atoms with van der Waals surface area (Å²) in [5.74, 6) is 0.203. The monoisotopic (exact) mass is 441 g/mol. The van der Waals surface area contributed by atoms with Gasteiger partial charge in [-0.3, -0.25) is 4.98 Å². The van der Waals surface area contributed by atoms with E-state index in [9.17, 15) is 14.0 Å². The molecule has 4 rings (SSSR count). The van der Waals surface area contributed by atoms with E-state index in [2.05, 4.69) is 4.98 Å². The van der Waals surface area contributed by atoms with E-state index in [0.717, 1.165) is 49.2 Å². The Labute approximate surface area is 188 Å². The number of urea groups is 1. The van der Waals surface area contributed by atoms with E-state index in [-0.39, 0.29) is 30.4 Å². The van der Waals surface area contributed by atoms with E-state index in [0.29, 0.717) is 25.9 Å². The number of Topliss-reactive ketones (excluding diaryl/α,β-unsaturated/α-hetero) is 1. The highest BCUT2D eigenvalue weighted by molar-refractivity contribution is 6.04. The predicted molar refractivity (Wildman–Crippen MR) is 119 cm³/mol. The molecule has 7 nitrogen and oxygen atoms in total. The normalized spacial score (nSPS) is 23.4. The summed E-state index contributed by atoms with van der Waals surface area (Å²) in [5, 5.41) is 6.36. The Morgan fingerprint density at radius 1 is 1.28 bits per heavy atom. The molecule has 2 aliphatic heterocycles. The number of ether oxygens (including phenoxy) is 1. The average molecular weight is 442 g/mol. The van der Waals surface area contributed by atoms with Crippen LogP contribution in [-0.4, -0.2) is 64.9 Å². The zero-order valence-electron chi connectivity index (χ0n) is 18.6. The number of pyridine rings is 1. The molecule has 1 aromatic heterocycles. The second-order valence-corrected chi connectivity index (χ2v) is 8.70. The zero-order valence-corrected chi connectivity index (χ0v) is 18.6. The van der Waals surface area contributed by atoms with Gasteiger partial charge in [0.05, 0.1) is 36.4 Å². The highest BCUT2D eigenvalue weighted by atomic mass is 18.2. The second kappa shape index (κ2) is 10.3. The summed E-state index contributed by atoms with van der Waals surface area (Å²) < 4.78 is 18.3. The first-order valence-corrected chi connectivity index (χ1v) is 11.6. The third-order valence-electron chi connectivity index (χ3n) is 6.44. The number of aromatic nitrogens is 1. The minimum absolute atomic E-state index is 0.0496. The fourth-order valence-electron chi connectivity index (χ4n) is 4.91. The highest BCUT2D eigenvalue weighted by Crippen LogP contribution is 2.40. The summed E-state index contributed by atoms with van der Waals surface area (Å²) in [6.07, 6.45) is 7.24. The molecule has 1 saturated heterocycles. The standard InChI is InChI=1S/C24H31FN4O3/c1-17(30)6-5-14-28-16-22-19-8-4-7-18(32-15-12-25)10-11-20(19)23(27-29(22)24(28)31)21-9-2-3-13-26-21/h2-3,9,13,18,20H,4-8,10-12,14-16H2,1H3/i25-1. The number of rotatable bonds is 8. The van der Waals surface area contributed by atoms with Crippen molar-refractivity contribution in [3.8, 4) is 0 Å². The van der Waals surface area contributed by atoms with E-state index >= 15 is 0 Å². The van der Waals surface area contributed by atoms with Gasteiger partial charge in [-0.25, -0.2) is 9.18 Å². The molecule has 0 N–H and O–H groups in total. The minimum atomic E-state index is -0.466. The summed E-state index contributed by atoms with van der Waals surface area (Å²) in [6, 6.07) is 5.60. The minimum Gasteiger partial charge on any atom is -0.376 e. The molecule has 0 aromatic carbocycles. The number of hydrogen-bond acceptors (Lipinski definition) is 5. The molecular formula is C24H31FN4O3. The second-order valence-electron chi connectivity index (χ2n) is 8.70. The molecule has 1 aliphatic carbocycles. The summed E-state index contributed by atoms with van der Waals surface area (Å²) in [4.78, 5) is 30.8. The Morgan fingerprint density at radius 2 is 2.16 bits per heavy atom. The van der Waals surface area contributed by atoms with Gasteiger partial charge in [-0.15, -0.1) is 0 Å². The van der Waals surface area contributed by atoms with Crippen molar-refractivity contribution in [3.05, 3.63) is 41.4 Å². The number of halogens is 1. The number of alkyl halides is 1. The lowest BCUT2D eigenvalue weighted by Gasteiger charge is -2.33. The van der Waals surface area contributed by atoms with Crippen LogP contribution < -0.4 is 0 Å². The quantitative estimate of drug-likeness (QED) is 0.609. The molecule has 1 saturated carbocycles. The third-order valence-corrected chi connectivity index (χ3v) is 6.44. The van der Waals surface area contributed by atoms with Crippen LogP contribution in [0.5, 0.6) is 0 Å². The molecular weight excluding hydrogens is 410 g/mol. The molecule has 2 unspecified atom stereocenters. The number of fused-ring (bicyclic) bond motifs is 2. The number of allylic oxidation sites excluding steroid dienone is 1. The van der Waals surface area contributed by atoms with Crippen molar-refractivity contribution in [2.45, 2.75) is 58.0 Å². The number of hydrazone groups is 1. The van der Waals surface area contributed by atoms with Gasteiger partial charge in [0.25, 0.3) is 0 Å². The van der Waals surface area contributed by atoms with Crippen molar-refractivity contribution in [2.75, 3.05) is 26.4 Å². The Balaban J connectivity index is 1.62.